The van der Waals surface area contributed by atoms with Crippen LogP contribution in [0.4, 0.5) is 26.3 Å². The minimum Gasteiger partial charge on any atom is -0.350 e. The van der Waals surface area contributed by atoms with Gasteiger partial charge in [-0.25, -0.2) is 9.97 Å². The normalized spacial score (nSPS) is 11.6. The number of nitrogens with one attached hydrogen (secondary N) is 2. The predicted octanol–water partition coefficient (Wildman–Crippen LogP) is 10.1. The van der Waals surface area contributed by atoms with E-state index >= 15 is 0 Å². The van der Waals surface area contributed by atoms with Crippen LogP contribution in [0.1, 0.15) is 22.3 Å². The number of amides is 2. The molecular weight excluding hydrogens is 783 g/mol. The van der Waals surface area contributed by atoms with Crippen molar-refractivity contribution in [2.45, 2.75) is 38.5 Å². The molecule has 2 N–H and O–H groups in total. The van der Waals surface area contributed by atoms with Crippen molar-refractivity contribution in [1.29, 1.82) is 0 Å². The van der Waals surface area contributed by atoms with E-state index in [2.05, 4.69) is 20.6 Å². The molecule has 8 aromatic rings. The first-order chi connectivity index (χ1) is 28.8. The maximum absolute atomic E-state index is 13.1. The third-order valence-electron chi connectivity index (χ3n) is 9.69. The van der Waals surface area contributed by atoms with Gasteiger partial charge in [-0.15, -0.1) is 0 Å². The van der Waals surface area contributed by atoms with E-state index in [1.807, 2.05) is 72.8 Å². The number of benzene rings is 6. The van der Waals surface area contributed by atoms with Gasteiger partial charge in [0.2, 0.25) is 11.8 Å². The number of para-hydroxylation sites is 4. The van der Waals surface area contributed by atoms with Crippen LogP contribution in [-0.4, -0.2) is 30.9 Å². The molecule has 0 saturated carbocycles. The Labute approximate surface area is 340 Å². The second-order valence-corrected chi connectivity index (χ2v) is 13.7. The third-order valence-corrected chi connectivity index (χ3v) is 9.69. The van der Waals surface area contributed by atoms with Gasteiger partial charge in [0.25, 0.3) is 0 Å². The van der Waals surface area contributed by atoms with Crippen molar-refractivity contribution < 1.29 is 35.9 Å². The summed E-state index contributed by atoms with van der Waals surface area (Å²) in [6.45, 7) is 0.704. The van der Waals surface area contributed by atoms with E-state index in [0.717, 1.165) is 63.0 Å². The zero-order valence-corrected chi connectivity index (χ0v) is 31.7. The Morgan fingerprint density at radius 1 is 0.483 bits per heavy atom. The Hall–Kier alpha value is -7.22. The lowest BCUT2D eigenvalue weighted by Crippen LogP contribution is -2.27. The molecular formula is C46H36F6N6O2. The standard InChI is InChI=1S/2C23H18F3N3O/c24-23(25,26)18-8-5-7-16(12-18)19-9-2-1-6-17(19)13-27-22(30)14-29-15-28-20-10-3-4-11-21(20)29;24-23(25,26)18-11-9-16(10-12-18)19-6-2-1-5-17(19)13-27-22(30)14-29-15-28-20-7-3-4-8-21(20)29/h2*1-12,15H,13-14H2,(H,27,30). The molecule has 0 aliphatic heterocycles. The molecule has 0 bridgehead atoms. The van der Waals surface area contributed by atoms with Crippen molar-refractivity contribution in [3.63, 3.8) is 0 Å². The molecule has 8 rings (SSSR count). The molecule has 304 valence electrons. The Bertz CT molecular complexity index is 2760. The lowest BCUT2D eigenvalue weighted by Gasteiger charge is -2.13. The van der Waals surface area contributed by atoms with Gasteiger partial charge < -0.3 is 19.8 Å². The van der Waals surface area contributed by atoms with Gasteiger partial charge in [0.15, 0.2) is 0 Å². The average molecular weight is 819 g/mol. The Morgan fingerprint density at radius 3 is 1.43 bits per heavy atom. The van der Waals surface area contributed by atoms with Gasteiger partial charge >= 0.3 is 12.4 Å². The number of carbonyl (C=O) groups is 2. The van der Waals surface area contributed by atoms with Gasteiger partial charge in [-0.3, -0.25) is 9.59 Å². The fourth-order valence-corrected chi connectivity index (χ4v) is 6.70. The molecule has 0 unspecified atom stereocenters. The summed E-state index contributed by atoms with van der Waals surface area (Å²) in [6, 6.07) is 39.7. The number of hydrogen-bond acceptors (Lipinski definition) is 4. The maximum atomic E-state index is 13.1. The van der Waals surface area contributed by atoms with Crippen LogP contribution in [0.3, 0.4) is 0 Å². The third kappa shape index (κ3) is 9.89. The van der Waals surface area contributed by atoms with E-state index < -0.39 is 23.5 Å². The zero-order valence-electron chi connectivity index (χ0n) is 31.7. The van der Waals surface area contributed by atoms with Crippen LogP contribution < -0.4 is 10.6 Å². The van der Waals surface area contributed by atoms with Crippen molar-refractivity contribution in [2.75, 3.05) is 0 Å². The van der Waals surface area contributed by atoms with Crippen LogP contribution in [0.15, 0.2) is 158 Å². The predicted molar refractivity (Wildman–Crippen MR) is 217 cm³/mol. The molecule has 0 aliphatic rings. The summed E-state index contributed by atoms with van der Waals surface area (Å²) in [6.07, 6.45) is -5.54. The van der Waals surface area contributed by atoms with E-state index in [-0.39, 0.29) is 38.0 Å². The first-order valence-corrected chi connectivity index (χ1v) is 18.7. The molecule has 8 nitrogen and oxygen atoms in total. The molecule has 14 heteroatoms. The van der Waals surface area contributed by atoms with Gasteiger partial charge in [0.1, 0.15) is 13.1 Å². The minimum atomic E-state index is -4.41. The number of rotatable bonds is 10. The van der Waals surface area contributed by atoms with Crippen molar-refractivity contribution >= 4 is 33.9 Å². The van der Waals surface area contributed by atoms with E-state index in [1.54, 1.807) is 52.1 Å². The molecule has 6 aromatic carbocycles. The number of aromatic nitrogens is 4. The van der Waals surface area contributed by atoms with Crippen LogP contribution in [-0.2, 0) is 48.1 Å². The Morgan fingerprint density at radius 2 is 0.933 bits per heavy atom. The van der Waals surface area contributed by atoms with Gasteiger partial charge in [-0.1, -0.05) is 97.1 Å². The minimum absolute atomic E-state index is 0.103. The second kappa shape index (κ2) is 17.7. The average Bonchev–Trinajstić information content (AvgIpc) is 3.86. The van der Waals surface area contributed by atoms with Crippen molar-refractivity contribution in [3.8, 4) is 22.3 Å². The lowest BCUT2D eigenvalue weighted by molar-refractivity contribution is -0.138. The highest BCUT2D eigenvalue weighted by Crippen LogP contribution is 2.34. The van der Waals surface area contributed by atoms with Gasteiger partial charge in [0, 0.05) is 13.1 Å². The number of carbonyl (C=O) groups excluding carboxylic acids is 2. The first kappa shape index (κ1) is 41.0. The van der Waals surface area contributed by atoms with E-state index in [9.17, 15) is 35.9 Å². The molecule has 2 amide bonds. The molecule has 0 radical (unpaired) electrons. The number of imidazole rings is 2. The Balaban J connectivity index is 0.000000181. The van der Waals surface area contributed by atoms with Crippen LogP contribution in [0.25, 0.3) is 44.3 Å². The fourth-order valence-electron chi connectivity index (χ4n) is 6.70. The monoisotopic (exact) mass is 818 g/mol. The highest BCUT2D eigenvalue weighted by Gasteiger charge is 2.31. The van der Waals surface area contributed by atoms with Gasteiger partial charge in [0.05, 0.1) is 45.8 Å². The van der Waals surface area contributed by atoms with Crippen molar-refractivity contribution in [2.24, 2.45) is 0 Å². The van der Waals surface area contributed by atoms with E-state index in [1.165, 1.54) is 18.2 Å². The summed E-state index contributed by atoms with van der Waals surface area (Å²) in [5.74, 6) is -0.391. The number of halogens is 6. The Kier molecular flexibility index (Phi) is 12.1. The summed E-state index contributed by atoms with van der Waals surface area (Å²) in [5, 5.41) is 5.73. The highest BCUT2D eigenvalue weighted by molar-refractivity contribution is 5.82. The SMILES string of the molecule is O=C(Cn1cnc2ccccc21)NCc1ccccc1-c1ccc(C(F)(F)F)cc1.O=C(Cn1cnc2ccccc21)NCc1ccccc1-c1cccc(C(F)(F)F)c1. The smallest absolute Gasteiger partial charge is 0.350 e. The molecule has 2 heterocycles. The molecule has 0 saturated heterocycles. The van der Waals surface area contributed by atoms with Crippen molar-refractivity contribution in [1.82, 2.24) is 29.7 Å². The summed E-state index contributed by atoms with van der Waals surface area (Å²) in [5.41, 5.74) is 6.06. The second-order valence-electron chi connectivity index (χ2n) is 13.7. The number of fused-ring (bicyclic) bond motifs is 2. The summed E-state index contributed by atoms with van der Waals surface area (Å²) < 4.78 is 81.1. The van der Waals surface area contributed by atoms with Gasteiger partial charge in [-0.2, -0.15) is 26.3 Å². The zero-order chi connectivity index (χ0) is 42.3. The van der Waals surface area contributed by atoms with Crippen LogP contribution in [0.5, 0.6) is 0 Å². The molecule has 60 heavy (non-hydrogen) atoms. The molecule has 0 spiro atoms. The first-order valence-electron chi connectivity index (χ1n) is 18.7. The summed E-state index contributed by atoms with van der Waals surface area (Å²) in [7, 11) is 0. The number of alkyl halides is 6. The molecule has 2 aromatic heterocycles. The largest absolute Gasteiger partial charge is 0.416 e. The molecule has 0 fully saturated rings. The van der Waals surface area contributed by atoms with Crippen LogP contribution in [0, 0.1) is 0 Å². The summed E-state index contributed by atoms with van der Waals surface area (Å²) in [4.78, 5) is 33.4. The molecule has 0 aliphatic carbocycles. The van der Waals surface area contributed by atoms with Crippen LogP contribution in [0.2, 0.25) is 0 Å². The van der Waals surface area contributed by atoms with E-state index in [0.29, 0.717) is 16.7 Å². The van der Waals surface area contributed by atoms with Crippen molar-refractivity contribution in [3.05, 3.63) is 181 Å². The maximum Gasteiger partial charge on any atom is 0.416 e. The molecule has 0 atom stereocenters. The van der Waals surface area contributed by atoms with Gasteiger partial charge in [-0.05, 0) is 81.9 Å². The topological polar surface area (TPSA) is 93.8 Å². The fraction of sp³-hybridized carbons (Fsp3) is 0.130. The van der Waals surface area contributed by atoms with E-state index in [4.69, 9.17) is 0 Å². The lowest BCUT2D eigenvalue weighted by atomic mass is 9.98. The number of nitrogens with zero attached hydrogens (tertiary/aromatic N) is 4. The van der Waals surface area contributed by atoms with Crippen LogP contribution >= 0.6 is 0 Å². The summed E-state index contributed by atoms with van der Waals surface area (Å²) >= 11 is 0. The number of hydrogen-bond donors (Lipinski definition) is 2. The quantitative estimate of drug-likeness (QED) is 0.134. The highest BCUT2D eigenvalue weighted by atomic mass is 19.4.